The van der Waals surface area contributed by atoms with Crippen molar-refractivity contribution in [1.29, 1.82) is 0 Å². The molecule has 0 aliphatic heterocycles. The van der Waals surface area contributed by atoms with Crippen molar-refractivity contribution in [2.24, 2.45) is 11.8 Å². The fourth-order valence-electron chi connectivity index (χ4n) is 3.33. The zero-order valence-corrected chi connectivity index (χ0v) is 14.9. The summed E-state index contributed by atoms with van der Waals surface area (Å²) in [4.78, 5) is 27.9. The SMILES string of the molecule is Cc1nc(C(C)NC(=O)CC(C)C2CCCCC2)sc1C(=O)O. The zero-order chi connectivity index (χ0) is 17.0. The van der Waals surface area contributed by atoms with E-state index in [4.69, 9.17) is 5.11 Å². The molecular formula is C17H26N2O3S. The molecule has 1 aliphatic carbocycles. The summed E-state index contributed by atoms with van der Waals surface area (Å²) in [7, 11) is 0. The molecule has 0 bridgehead atoms. The van der Waals surface area contributed by atoms with Gasteiger partial charge >= 0.3 is 5.97 Å². The molecule has 2 rings (SSSR count). The van der Waals surface area contributed by atoms with Crippen molar-refractivity contribution in [2.75, 3.05) is 0 Å². The average molecular weight is 338 g/mol. The molecule has 0 saturated heterocycles. The molecule has 1 amide bonds. The number of hydrogen-bond acceptors (Lipinski definition) is 4. The first-order chi connectivity index (χ1) is 10.9. The molecule has 1 aromatic rings. The lowest BCUT2D eigenvalue weighted by molar-refractivity contribution is -0.123. The predicted molar refractivity (Wildman–Crippen MR) is 90.7 cm³/mol. The Morgan fingerprint density at radius 3 is 2.52 bits per heavy atom. The monoisotopic (exact) mass is 338 g/mol. The second-order valence-electron chi connectivity index (χ2n) is 6.64. The van der Waals surface area contributed by atoms with Crippen molar-refractivity contribution in [1.82, 2.24) is 10.3 Å². The fourth-order valence-corrected chi connectivity index (χ4v) is 4.23. The van der Waals surface area contributed by atoms with Crippen LogP contribution >= 0.6 is 11.3 Å². The Morgan fingerprint density at radius 2 is 1.96 bits per heavy atom. The first-order valence-electron chi connectivity index (χ1n) is 8.38. The van der Waals surface area contributed by atoms with E-state index < -0.39 is 5.97 Å². The van der Waals surface area contributed by atoms with E-state index in [1.165, 1.54) is 32.1 Å². The average Bonchev–Trinajstić information content (AvgIpc) is 2.90. The molecule has 1 fully saturated rings. The molecule has 23 heavy (non-hydrogen) atoms. The van der Waals surface area contributed by atoms with Crippen LogP contribution in [0.15, 0.2) is 0 Å². The third kappa shape index (κ3) is 4.77. The highest BCUT2D eigenvalue weighted by Gasteiger charge is 2.24. The van der Waals surface area contributed by atoms with Gasteiger partial charge in [-0.05, 0) is 25.7 Å². The number of amides is 1. The first kappa shape index (κ1) is 17.9. The Morgan fingerprint density at radius 1 is 1.30 bits per heavy atom. The van der Waals surface area contributed by atoms with E-state index in [1.54, 1.807) is 6.92 Å². The lowest BCUT2D eigenvalue weighted by Gasteiger charge is -2.27. The number of aromatic nitrogens is 1. The second kappa shape index (κ2) is 7.90. The van der Waals surface area contributed by atoms with Gasteiger partial charge in [0.25, 0.3) is 0 Å². The quantitative estimate of drug-likeness (QED) is 0.823. The number of nitrogens with zero attached hydrogens (tertiary/aromatic N) is 1. The molecule has 1 aliphatic rings. The number of thiazole rings is 1. The van der Waals surface area contributed by atoms with Gasteiger partial charge in [0.05, 0.1) is 11.7 Å². The summed E-state index contributed by atoms with van der Waals surface area (Å²) in [5.74, 6) is 0.122. The maximum atomic E-state index is 12.3. The number of aromatic carboxylic acids is 1. The Labute approximate surface area is 141 Å². The summed E-state index contributed by atoms with van der Waals surface area (Å²) in [6, 6.07) is -0.252. The number of carboxylic acid groups (broad SMARTS) is 1. The zero-order valence-electron chi connectivity index (χ0n) is 14.1. The van der Waals surface area contributed by atoms with Crippen LogP contribution in [-0.4, -0.2) is 22.0 Å². The summed E-state index contributed by atoms with van der Waals surface area (Å²) in [6.07, 6.45) is 6.88. The molecule has 0 spiro atoms. The molecular weight excluding hydrogens is 312 g/mol. The summed E-state index contributed by atoms with van der Waals surface area (Å²) in [5.41, 5.74) is 0.508. The van der Waals surface area contributed by atoms with Gasteiger partial charge in [0.1, 0.15) is 9.88 Å². The van der Waals surface area contributed by atoms with E-state index in [0.717, 1.165) is 11.3 Å². The van der Waals surface area contributed by atoms with Crippen LogP contribution in [0, 0.1) is 18.8 Å². The predicted octanol–water partition coefficient (Wildman–Crippen LogP) is 3.93. The van der Waals surface area contributed by atoms with Crippen molar-refractivity contribution in [3.05, 3.63) is 15.6 Å². The van der Waals surface area contributed by atoms with Gasteiger partial charge in [-0.15, -0.1) is 11.3 Å². The highest BCUT2D eigenvalue weighted by atomic mass is 32.1. The van der Waals surface area contributed by atoms with Crippen LogP contribution in [0.2, 0.25) is 0 Å². The molecule has 1 saturated carbocycles. The summed E-state index contributed by atoms with van der Waals surface area (Å²) < 4.78 is 0. The molecule has 0 aromatic carbocycles. The Bertz CT molecular complexity index is 564. The number of carboxylic acids is 1. The molecule has 0 radical (unpaired) electrons. The van der Waals surface area contributed by atoms with Crippen LogP contribution in [0.4, 0.5) is 0 Å². The minimum atomic E-state index is -0.962. The Balaban J connectivity index is 1.89. The molecule has 1 heterocycles. The summed E-state index contributed by atoms with van der Waals surface area (Å²) in [5, 5.41) is 12.7. The van der Waals surface area contributed by atoms with Gasteiger partial charge in [0.2, 0.25) is 5.91 Å². The number of nitrogens with one attached hydrogen (secondary N) is 1. The fraction of sp³-hybridized carbons (Fsp3) is 0.706. The van der Waals surface area contributed by atoms with Crippen molar-refractivity contribution in [3.8, 4) is 0 Å². The van der Waals surface area contributed by atoms with Gasteiger partial charge in [0, 0.05) is 6.42 Å². The summed E-state index contributed by atoms with van der Waals surface area (Å²) >= 11 is 1.14. The topological polar surface area (TPSA) is 79.3 Å². The van der Waals surface area contributed by atoms with E-state index >= 15 is 0 Å². The standard InChI is InChI=1S/C17H26N2O3S/c1-10(13-7-5-4-6-8-13)9-14(20)18-12(3)16-19-11(2)15(23-16)17(21)22/h10,12-13H,4-9H2,1-3H3,(H,18,20)(H,21,22). The number of carbonyl (C=O) groups excluding carboxylic acids is 1. The highest BCUT2D eigenvalue weighted by molar-refractivity contribution is 7.13. The minimum absolute atomic E-state index is 0.0281. The molecule has 5 nitrogen and oxygen atoms in total. The van der Waals surface area contributed by atoms with Crippen molar-refractivity contribution in [2.45, 2.75) is 65.3 Å². The van der Waals surface area contributed by atoms with Gasteiger partial charge in [-0.25, -0.2) is 9.78 Å². The highest BCUT2D eigenvalue weighted by Crippen LogP contribution is 2.31. The normalized spacial score (nSPS) is 18.4. The van der Waals surface area contributed by atoms with Crippen LogP contribution in [-0.2, 0) is 4.79 Å². The maximum absolute atomic E-state index is 12.3. The number of hydrogen-bond donors (Lipinski definition) is 2. The number of rotatable bonds is 6. The van der Waals surface area contributed by atoms with Crippen LogP contribution in [0.5, 0.6) is 0 Å². The van der Waals surface area contributed by atoms with Crippen LogP contribution in [0.25, 0.3) is 0 Å². The van der Waals surface area contributed by atoms with Crippen LogP contribution < -0.4 is 5.32 Å². The summed E-state index contributed by atoms with van der Waals surface area (Å²) in [6.45, 7) is 5.70. The largest absolute Gasteiger partial charge is 0.477 e. The molecule has 1 aromatic heterocycles. The molecule has 6 heteroatoms. The molecule has 2 atom stereocenters. The lowest BCUT2D eigenvalue weighted by atomic mass is 9.79. The van der Waals surface area contributed by atoms with Gasteiger partial charge in [-0.1, -0.05) is 39.0 Å². The van der Waals surface area contributed by atoms with Crippen LogP contribution in [0.1, 0.15) is 78.8 Å². The Hall–Kier alpha value is -1.43. The number of carbonyl (C=O) groups is 2. The van der Waals surface area contributed by atoms with E-state index in [-0.39, 0.29) is 16.8 Å². The minimum Gasteiger partial charge on any atom is -0.477 e. The van der Waals surface area contributed by atoms with E-state index in [0.29, 0.717) is 29.0 Å². The third-order valence-electron chi connectivity index (χ3n) is 4.72. The smallest absolute Gasteiger partial charge is 0.347 e. The van der Waals surface area contributed by atoms with Crippen molar-refractivity contribution >= 4 is 23.2 Å². The van der Waals surface area contributed by atoms with Crippen molar-refractivity contribution < 1.29 is 14.7 Å². The molecule has 2 N–H and O–H groups in total. The first-order valence-corrected chi connectivity index (χ1v) is 9.20. The lowest BCUT2D eigenvalue weighted by Crippen LogP contribution is -2.30. The van der Waals surface area contributed by atoms with E-state index in [2.05, 4.69) is 17.2 Å². The van der Waals surface area contributed by atoms with E-state index in [1.807, 2.05) is 6.92 Å². The molecule has 128 valence electrons. The van der Waals surface area contributed by atoms with Gasteiger partial charge in [-0.2, -0.15) is 0 Å². The van der Waals surface area contributed by atoms with Crippen molar-refractivity contribution in [3.63, 3.8) is 0 Å². The van der Waals surface area contributed by atoms with Gasteiger partial charge in [0.15, 0.2) is 0 Å². The maximum Gasteiger partial charge on any atom is 0.347 e. The van der Waals surface area contributed by atoms with Gasteiger partial charge in [-0.3, -0.25) is 4.79 Å². The Kier molecular flexibility index (Phi) is 6.16. The second-order valence-corrected chi connectivity index (χ2v) is 7.67. The van der Waals surface area contributed by atoms with Gasteiger partial charge < -0.3 is 10.4 Å². The van der Waals surface area contributed by atoms with E-state index in [9.17, 15) is 9.59 Å². The molecule has 2 unspecified atom stereocenters. The van der Waals surface area contributed by atoms with Crippen LogP contribution in [0.3, 0.4) is 0 Å². The third-order valence-corrected chi connectivity index (χ3v) is 6.05. The number of aryl methyl sites for hydroxylation is 1.